The third-order valence-corrected chi connectivity index (χ3v) is 3.97. The summed E-state index contributed by atoms with van der Waals surface area (Å²) in [6.07, 6.45) is 0. The van der Waals surface area contributed by atoms with Crippen LogP contribution in [0.15, 0.2) is 39.3 Å². The molecule has 0 saturated heterocycles. The highest BCUT2D eigenvalue weighted by Crippen LogP contribution is 2.29. The van der Waals surface area contributed by atoms with Crippen molar-refractivity contribution in [3.8, 4) is 5.69 Å². The topological polar surface area (TPSA) is 43.8 Å². The van der Waals surface area contributed by atoms with Crippen LogP contribution in [0.1, 0.15) is 0 Å². The number of hydrogen-bond donors (Lipinski definition) is 1. The number of nitrogens with zero attached hydrogens (tertiary/aromatic N) is 2. The molecule has 3 aromatic rings. The molecule has 3 nitrogen and oxygen atoms in total. The Balaban J connectivity index is 2.37. The molecule has 102 valence electrons. The van der Waals surface area contributed by atoms with Gasteiger partial charge in [-0.05, 0) is 40.2 Å². The first kappa shape index (κ1) is 13.5. The van der Waals surface area contributed by atoms with E-state index in [1.54, 1.807) is 12.1 Å². The van der Waals surface area contributed by atoms with Crippen molar-refractivity contribution in [2.45, 2.75) is 0 Å². The number of nitrogen functional groups attached to an aromatic ring is 1. The minimum absolute atomic E-state index is 0.135. The number of aromatic nitrogens is 2. The van der Waals surface area contributed by atoms with Gasteiger partial charge in [-0.2, -0.15) is 0 Å². The molecule has 0 saturated carbocycles. The molecule has 7 heteroatoms. The molecule has 2 aromatic carbocycles. The summed E-state index contributed by atoms with van der Waals surface area (Å²) in [5.41, 5.74) is 7.25. The third kappa shape index (κ3) is 2.10. The van der Waals surface area contributed by atoms with Gasteiger partial charge in [0, 0.05) is 10.5 Å². The Labute approximate surface area is 129 Å². The fourth-order valence-electron chi connectivity index (χ4n) is 2.00. The maximum atomic E-state index is 14.0. The van der Waals surface area contributed by atoms with Crippen molar-refractivity contribution in [1.82, 2.24) is 9.55 Å². The van der Waals surface area contributed by atoms with Gasteiger partial charge in [0.05, 0.1) is 21.2 Å². The number of rotatable bonds is 1. The number of imidazole rings is 1. The second kappa shape index (κ2) is 4.82. The van der Waals surface area contributed by atoms with Crippen LogP contribution in [-0.2, 0) is 0 Å². The van der Waals surface area contributed by atoms with Crippen molar-refractivity contribution in [2.75, 3.05) is 5.73 Å². The molecule has 1 heterocycles. The lowest BCUT2D eigenvalue weighted by molar-refractivity contribution is 0.574. The quantitative estimate of drug-likeness (QED) is 0.612. The van der Waals surface area contributed by atoms with Gasteiger partial charge in [0.2, 0.25) is 5.95 Å². The zero-order valence-corrected chi connectivity index (χ0v) is 13.0. The van der Waals surface area contributed by atoms with Crippen molar-refractivity contribution in [2.24, 2.45) is 0 Å². The highest BCUT2D eigenvalue weighted by Gasteiger charge is 2.16. The van der Waals surface area contributed by atoms with Gasteiger partial charge in [0.1, 0.15) is 11.6 Å². The number of fused-ring (bicyclic) bond motifs is 1. The molecule has 0 aliphatic heterocycles. The summed E-state index contributed by atoms with van der Waals surface area (Å²) in [6.45, 7) is 0. The van der Waals surface area contributed by atoms with Crippen molar-refractivity contribution in [3.05, 3.63) is 50.9 Å². The Morgan fingerprint density at radius 3 is 2.55 bits per heavy atom. The van der Waals surface area contributed by atoms with E-state index in [1.165, 1.54) is 10.6 Å². The lowest BCUT2D eigenvalue weighted by atomic mass is 10.2. The van der Waals surface area contributed by atoms with Crippen LogP contribution in [0.3, 0.4) is 0 Å². The summed E-state index contributed by atoms with van der Waals surface area (Å²) < 4.78 is 29.8. The Morgan fingerprint density at radius 1 is 1.05 bits per heavy atom. The first-order valence-corrected chi connectivity index (χ1v) is 7.14. The lowest BCUT2D eigenvalue weighted by Gasteiger charge is -2.09. The van der Waals surface area contributed by atoms with Gasteiger partial charge in [-0.3, -0.25) is 4.57 Å². The Hall–Kier alpha value is -1.47. The smallest absolute Gasteiger partial charge is 0.206 e. The van der Waals surface area contributed by atoms with Gasteiger partial charge in [-0.25, -0.2) is 13.8 Å². The number of hydrogen-bond acceptors (Lipinski definition) is 2. The fourth-order valence-corrected chi connectivity index (χ4v) is 2.68. The van der Waals surface area contributed by atoms with Crippen molar-refractivity contribution < 1.29 is 8.78 Å². The van der Waals surface area contributed by atoms with Crippen LogP contribution in [-0.4, -0.2) is 9.55 Å². The van der Waals surface area contributed by atoms with E-state index in [0.717, 1.165) is 10.5 Å². The van der Waals surface area contributed by atoms with Gasteiger partial charge >= 0.3 is 0 Å². The number of benzene rings is 2. The van der Waals surface area contributed by atoms with Crippen molar-refractivity contribution >= 4 is 48.8 Å². The third-order valence-electron chi connectivity index (χ3n) is 2.87. The van der Waals surface area contributed by atoms with E-state index >= 15 is 0 Å². The molecule has 0 fully saturated rings. The summed E-state index contributed by atoms with van der Waals surface area (Å²) >= 11 is 6.39. The molecule has 0 aliphatic rings. The maximum absolute atomic E-state index is 14.0. The molecule has 0 radical (unpaired) electrons. The molecule has 2 N–H and O–H groups in total. The standard InChI is InChI=1S/C13H7Br2F2N3/c14-6-1-2-10-12(3-6)20(13(18)19-10)11-4-7(15)8(16)5-9(11)17/h1-5H,(H2,18,19). The second-order valence-electron chi connectivity index (χ2n) is 4.16. The average Bonchev–Trinajstić information content (AvgIpc) is 2.69. The molecular weight excluding hydrogens is 396 g/mol. The van der Waals surface area contributed by atoms with E-state index in [0.29, 0.717) is 11.0 Å². The van der Waals surface area contributed by atoms with E-state index in [-0.39, 0.29) is 16.1 Å². The Kier molecular flexibility index (Phi) is 3.25. The van der Waals surface area contributed by atoms with Gasteiger partial charge in [0.25, 0.3) is 0 Å². The van der Waals surface area contributed by atoms with Crippen LogP contribution in [0.2, 0.25) is 0 Å². The normalized spacial score (nSPS) is 11.2. The minimum atomic E-state index is -0.711. The molecule has 1 aromatic heterocycles. The van der Waals surface area contributed by atoms with Crippen LogP contribution < -0.4 is 5.73 Å². The number of anilines is 1. The van der Waals surface area contributed by atoms with E-state index in [9.17, 15) is 8.78 Å². The molecule has 0 atom stereocenters. The highest BCUT2D eigenvalue weighted by atomic mass is 79.9. The highest BCUT2D eigenvalue weighted by molar-refractivity contribution is 9.10. The van der Waals surface area contributed by atoms with Crippen LogP contribution in [0.25, 0.3) is 16.7 Å². The largest absolute Gasteiger partial charge is 0.369 e. The summed E-state index contributed by atoms with van der Waals surface area (Å²) in [5.74, 6) is -1.25. The zero-order chi connectivity index (χ0) is 14.4. The Bertz CT molecular complexity index is 830. The van der Waals surface area contributed by atoms with E-state index in [1.807, 2.05) is 6.07 Å². The summed E-state index contributed by atoms with van der Waals surface area (Å²) in [4.78, 5) is 4.17. The van der Waals surface area contributed by atoms with Crippen LogP contribution in [0.5, 0.6) is 0 Å². The van der Waals surface area contributed by atoms with Crippen LogP contribution in [0, 0.1) is 11.6 Å². The van der Waals surface area contributed by atoms with E-state index in [2.05, 4.69) is 36.8 Å². The monoisotopic (exact) mass is 401 g/mol. The number of nitrogens with two attached hydrogens (primary N) is 1. The van der Waals surface area contributed by atoms with Gasteiger partial charge in [-0.15, -0.1) is 0 Å². The van der Waals surface area contributed by atoms with E-state index < -0.39 is 11.6 Å². The molecule has 0 spiro atoms. The first-order valence-electron chi connectivity index (χ1n) is 5.56. The lowest BCUT2D eigenvalue weighted by Crippen LogP contribution is -2.03. The second-order valence-corrected chi connectivity index (χ2v) is 5.93. The van der Waals surface area contributed by atoms with E-state index in [4.69, 9.17) is 5.73 Å². The predicted molar refractivity (Wildman–Crippen MR) is 80.8 cm³/mol. The predicted octanol–water partition coefficient (Wildman–Crippen LogP) is 4.41. The molecule has 0 bridgehead atoms. The average molecular weight is 403 g/mol. The van der Waals surface area contributed by atoms with Gasteiger partial charge in [-0.1, -0.05) is 15.9 Å². The summed E-state index contributed by atoms with van der Waals surface area (Å²) in [6, 6.07) is 7.50. The molecule has 0 aliphatic carbocycles. The SMILES string of the molecule is Nc1nc2ccc(Br)cc2n1-c1cc(Br)c(F)cc1F. The maximum Gasteiger partial charge on any atom is 0.206 e. The Morgan fingerprint density at radius 2 is 1.80 bits per heavy atom. The first-order chi connectivity index (χ1) is 9.47. The van der Waals surface area contributed by atoms with Crippen molar-refractivity contribution in [1.29, 1.82) is 0 Å². The van der Waals surface area contributed by atoms with Gasteiger partial charge < -0.3 is 5.73 Å². The molecular formula is C13H7Br2F2N3. The van der Waals surface area contributed by atoms with Crippen LogP contribution in [0.4, 0.5) is 14.7 Å². The summed E-state index contributed by atoms with van der Waals surface area (Å²) in [5, 5.41) is 0. The van der Waals surface area contributed by atoms with Crippen molar-refractivity contribution in [3.63, 3.8) is 0 Å². The van der Waals surface area contributed by atoms with Gasteiger partial charge in [0.15, 0.2) is 0 Å². The minimum Gasteiger partial charge on any atom is -0.369 e. The number of halogens is 4. The molecule has 20 heavy (non-hydrogen) atoms. The molecule has 3 rings (SSSR count). The summed E-state index contributed by atoms with van der Waals surface area (Å²) in [7, 11) is 0. The molecule has 0 unspecified atom stereocenters. The van der Waals surface area contributed by atoms with Crippen LogP contribution >= 0.6 is 31.9 Å². The fraction of sp³-hybridized carbons (Fsp3) is 0. The molecule has 0 amide bonds. The zero-order valence-electron chi connectivity index (χ0n) is 9.87.